The van der Waals surface area contributed by atoms with Crippen molar-refractivity contribution in [1.29, 1.82) is 0 Å². The van der Waals surface area contributed by atoms with Gasteiger partial charge < -0.3 is 10.4 Å². The van der Waals surface area contributed by atoms with Crippen LogP contribution >= 0.6 is 0 Å². The second-order valence-corrected chi connectivity index (χ2v) is 3.65. The molecule has 0 aliphatic heterocycles. The van der Waals surface area contributed by atoms with E-state index >= 15 is 0 Å². The monoisotopic (exact) mass is 237 g/mol. The van der Waals surface area contributed by atoms with Crippen LogP contribution in [0.5, 0.6) is 0 Å². The molecular weight excluding hydrogens is 221 g/mol. The van der Waals surface area contributed by atoms with E-state index in [9.17, 15) is 9.18 Å². The molecule has 0 radical (unpaired) electrons. The zero-order chi connectivity index (χ0) is 12.7. The van der Waals surface area contributed by atoms with Crippen LogP contribution < -0.4 is 5.32 Å². The van der Waals surface area contributed by atoms with Crippen LogP contribution in [-0.4, -0.2) is 23.7 Å². The van der Waals surface area contributed by atoms with Crippen molar-refractivity contribution in [3.63, 3.8) is 0 Å². The number of carbonyl (C=O) groups is 1. The number of halogens is 1. The van der Waals surface area contributed by atoms with E-state index in [1.165, 1.54) is 18.2 Å². The summed E-state index contributed by atoms with van der Waals surface area (Å²) in [6.45, 7) is 1.76. The van der Waals surface area contributed by atoms with Crippen LogP contribution in [0.4, 0.5) is 4.39 Å². The summed E-state index contributed by atoms with van der Waals surface area (Å²) in [7, 11) is 0. The number of benzene rings is 1. The predicted octanol–water partition coefficient (Wildman–Crippen LogP) is 1.73. The highest BCUT2D eigenvalue weighted by molar-refractivity contribution is 5.91. The van der Waals surface area contributed by atoms with Crippen molar-refractivity contribution in [2.45, 2.75) is 19.4 Å². The summed E-state index contributed by atoms with van der Waals surface area (Å²) in [6, 6.07) is 5.95. The van der Waals surface area contributed by atoms with Crippen LogP contribution in [0.3, 0.4) is 0 Å². The van der Waals surface area contributed by atoms with Crippen molar-refractivity contribution in [3.8, 4) is 0 Å². The first-order valence-corrected chi connectivity index (χ1v) is 5.51. The minimum absolute atomic E-state index is 0.101. The Labute approximate surface area is 100.0 Å². The Morgan fingerprint density at radius 1 is 1.53 bits per heavy atom. The van der Waals surface area contributed by atoms with Gasteiger partial charge in [0.1, 0.15) is 5.82 Å². The van der Waals surface area contributed by atoms with Gasteiger partial charge >= 0.3 is 0 Å². The third-order valence-corrected chi connectivity index (χ3v) is 2.38. The Bertz CT molecular complexity index is 400. The van der Waals surface area contributed by atoms with E-state index in [2.05, 4.69) is 5.32 Å². The number of amides is 1. The van der Waals surface area contributed by atoms with Crippen LogP contribution in [-0.2, 0) is 4.79 Å². The second-order valence-electron chi connectivity index (χ2n) is 3.65. The molecule has 1 rings (SSSR count). The summed E-state index contributed by atoms with van der Waals surface area (Å²) in [4.78, 5) is 11.4. The molecular formula is C13H16FNO2. The standard InChI is InChI=1S/C13H16FNO2/c1-2-11(9-16)15-13(17)8-7-10-5-3-4-6-12(10)14/h3-8,11,16H,2,9H2,1H3,(H,15,17)/b8-7+/t11-/m1/s1. The molecule has 1 atom stereocenters. The number of hydrogen-bond acceptors (Lipinski definition) is 2. The summed E-state index contributed by atoms with van der Waals surface area (Å²) in [5.74, 6) is -0.708. The molecule has 3 nitrogen and oxygen atoms in total. The number of aliphatic hydroxyl groups excluding tert-OH is 1. The molecule has 0 aliphatic rings. The van der Waals surface area contributed by atoms with Gasteiger partial charge in [0.2, 0.25) is 5.91 Å². The molecule has 0 heterocycles. The molecule has 0 aliphatic carbocycles. The Morgan fingerprint density at radius 2 is 2.24 bits per heavy atom. The molecule has 0 spiro atoms. The van der Waals surface area contributed by atoms with Gasteiger partial charge in [-0.15, -0.1) is 0 Å². The molecule has 17 heavy (non-hydrogen) atoms. The van der Waals surface area contributed by atoms with E-state index < -0.39 is 0 Å². The highest BCUT2D eigenvalue weighted by Gasteiger charge is 2.06. The van der Waals surface area contributed by atoms with Crippen molar-refractivity contribution in [2.75, 3.05) is 6.61 Å². The smallest absolute Gasteiger partial charge is 0.244 e. The molecule has 4 heteroatoms. The first kappa shape index (κ1) is 13.4. The molecule has 0 aromatic heterocycles. The average molecular weight is 237 g/mol. The quantitative estimate of drug-likeness (QED) is 0.766. The molecule has 0 bridgehead atoms. The summed E-state index contributed by atoms with van der Waals surface area (Å²) in [5.41, 5.74) is 0.361. The maximum Gasteiger partial charge on any atom is 0.244 e. The van der Waals surface area contributed by atoms with E-state index in [1.54, 1.807) is 18.2 Å². The minimum atomic E-state index is -0.370. The van der Waals surface area contributed by atoms with Crippen LogP contribution in [0.2, 0.25) is 0 Å². The van der Waals surface area contributed by atoms with Gasteiger partial charge in [-0.05, 0) is 18.6 Å². The van der Waals surface area contributed by atoms with E-state index in [0.29, 0.717) is 12.0 Å². The van der Waals surface area contributed by atoms with Gasteiger partial charge in [-0.2, -0.15) is 0 Å². The lowest BCUT2D eigenvalue weighted by Crippen LogP contribution is -2.35. The molecule has 0 unspecified atom stereocenters. The maximum absolute atomic E-state index is 13.2. The number of hydrogen-bond donors (Lipinski definition) is 2. The number of aliphatic hydroxyl groups is 1. The average Bonchev–Trinajstić information content (AvgIpc) is 2.35. The van der Waals surface area contributed by atoms with Crippen molar-refractivity contribution in [2.24, 2.45) is 0 Å². The first-order valence-electron chi connectivity index (χ1n) is 5.51. The lowest BCUT2D eigenvalue weighted by Gasteiger charge is -2.11. The zero-order valence-electron chi connectivity index (χ0n) is 9.69. The summed E-state index contributed by atoms with van der Waals surface area (Å²) in [6.07, 6.45) is 3.32. The molecule has 1 amide bonds. The molecule has 0 saturated heterocycles. The van der Waals surface area contributed by atoms with Gasteiger partial charge in [0.25, 0.3) is 0 Å². The van der Waals surface area contributed by atoms with E-state index in [4.69, 9.17) is 5.11 Å². The Hall–Kier alpha value is -1.68. The van der Waals surface area contributed by atoms with Crippen molar-refractivity contribution >= 4 is 12.0 Å². The van der Waals surface area contributed by atoms with Crippen LogP contribution in [0.1, 0.15) is 18.9 Å². The zero-order valence-corrected chi connectivity index (χ0v) is 9.69. The van der Waals surface area contributed by atoms with Crippen molar-refractivity contribution in [1.82, 2.24) is 5.32 Å². The van der Waals surface area contributed by atoms with Crippen LogP contribution in [0.15, 0.2) is 30.3 Å². The summed E-state index contributed by atoms with van der Waals surface area (Å²) in [5, 5.41) is 11.5. The van der Waals surface area contributed by atoms with E-state index in [1.807, 2.05) is 6.92 Å². The lowest BCUT2D eigenvalue weighted by atomic mass is 10.2. The SMILES string of the molecule is CC[C@H](CO)NC(=O)/C=C/c1ccccc1F. The maximum atomic E-state index is 13.2. The Morgan fingerprint density at radius 3 is 2.82 bits per heavy atom. The van der Waals surface area contributed by atoms with Crippen LogP contribution in [0.25, 0.3) is 6.08 Å². The molecule has 1 aromatic carbocycles. The third-order valence-electron chi connectivity index (χ3n) is 2.38. The lowest BCUT2D eigenvalue weighted by molar-refractivity contribution is -0.117. The Kier molecular flexibility index (Phi) is 5.36. The van der Waals surface area contributed by atoms with Gasteiger partial charge in [0, 0.05) is 11.6 Å². The molecule has 0 saturated carbocycles. The number of carbonyl (C=O) groups excluding carboxylic acids is 1. The van der Waals surface area contributed by atoms with Gasteiger partial charge in [-0.1, -0.05) is 25.1 Å². The predicted molar refractivity (Wildman–Crippen MR) is 64.7 cm³/mol. The van der Waals surface area contributed by atoms with Gasteiger partial charge in [0.05, 0.1) is 12.6 Å². The topological polar surface area (TPSA) is 49.3 Å². The third kappa shape index (κ3) is 4.36. The fourth-order valence-corrected chi connectivity index (χ4v) is 1.30. The van der Waals surface area contributed by atoms with E-state index in [0.717, 1.165) is 0 Å². The van der Waals surface area contributed by atoms with Crippen molar-refractivity contribution < 1.29 is 14.3 Å². The largest absolute Gasteiger partial charge is 0.394 e. The van der Waals surface area contributed by atoms with Gasteiger partial charge in [0.15, 0.2) is 0 Å². The summed E-state index contributed by atoms with van der Waals surface area (Å²) >= 11 is 0. The first-order chi connectivity index (χ1) is 8.17. The number of rotatable bonds is 5. The molecule has 1 aromatic rings. The number of nitrogens with one attached hydrogen (secondary N) is 1. The fraction of sp³-hybridized carbons (Fsp3) is 0.308. The molecule has 2 N–H and O–H groups in total. The highest BCUT2D eigenvalue weighted by Crippen LogP contribution is 2.07. The Balaban J connectivity index is 2.60. The van der Waals surface area contributed by atoms with Gasteiger partial charge in [-0.25, -0.2) is 4.39 Å². The normalized spacial score (nSPS) is 12.6. The molecule has 0 fully saturated rings. The highest BCUT2D eigenvalue weighted by atomic mass is 19.1. The second kappa shape index (κ2) is 6.81. The van der Waals surface area contributed by atoms with Crippen LogP contribution in [0, 0.1) is 5.82 Å². The van der Waals surface area contributed by atoms with Crippen molar-refractivity contribution in [3.05, 3.63) is 41.7 Å². The minimum Gasteiger partial charge on any atom is -0.394 e. The summed E-state index contributed by atoms with van der Waals surface area (Å²) < 4.78 is 13.2. The fourth-order valence-electron chi connectivity index (χ4n) is 1.30. The van der Waals surface area contributed by atoms with Gasteiger partial charge in [-0.3, -0.25) is 4.79 Å². The molecule has 92 valence electrons. The van der Waals surface area contributed by atoms with E-state index in [-0.39, 0.29) is 24.4 Å².